The molecule has 1 N–H and O–H groups in total. The maximum Gasteiger partial charge on any atom is 0.0895 e. The molecule has 4 nitrogen and oxygen atoms in total. The zero-order chi connectivity index (χ0) is 14.1. The highest BCUT2D eigenvalue weighted by Gasteiger charge is 2.56. The first-order valence-electron chi connectivity index (χ1n) is 7.58. The van der Waals surface area contributed by atoms with Gasteiger partial charge in [0.2, 0.25) is 0 Å². The van der Waals surface area contributed by atoms with Crippen LogP contribution < -0.4 is 5.32 Å². The van der Waals surface area contributed by atoms with Crippen LogP contribution in [0.15, 0.2) is 22.2 Å². The molecule has 1 saturated heterocycles. The molecule has 2 aromatic rings. The van der Waals surface area contributed by atoms with Crippen molar-refractivity contribution in [2.75, 3.05) is 13.1 Å². The summed E-state index contributed by atoms with van der Waals surface area (Å²) < 4.78 is 4.01. The molecule has 0 aromatic carbocycles. The minimum absolute atomic E-state index is 0. The standard InChI is InChI=1S/C15H20N4S2.ClH/c1-6-20-10-12(1)8-19(9-13-11-21-18-17-13)14-7-15(14)2-4-16-5-3-15;/h1,6,10-11,14,16H,2-5,7-9H2;1H. The first-order chi connectivity index (χ1) is 10.4. The van der Waals surface area contributed by atoms with Gasteiger partial charge >= 0.3 is 0 Å². The van der Waals surface area contributed by atoms with Gasteiger partial charge < -0.3 is 5.32 Å². The Morgan fingerprint density at radius 3 is 2.82 bits per heavy atom. The van der Waals surface area contributed by atoms with Crippen molar-refractivity contribution in [3.8, 4) is 0 Å². The van der Waals surface area contributed by atoms with E-state index in [0.29, 0.717) is 5.41 Å². The van der Waals surface area contributed by atoms with Gasteiger partial charge in [0, 0.05) is 24.5 Å². The molecule has 1 saturated carbocycles. The molecule has 0 bridgehead atoms. The van der Waals surface area contributed by atoms with Gasteiger partial charge in [0.25, 0.3) is 0 Å². The van der Waals surface area contributed by atoms with Crippen molar-refractivity contribution in [1.82, 2.24) is 19.8 Å². The lowest BCUT2D eigenvalue weighted by molar-refractivity contribution is 0.186. The molecule has 1 spiro atoms. The van der Waals surface area contributed by atoms with Crippen LogP contribution in [0.1, 0.15) is 30.5 Å². The average Bonchev–Trinajstić information content (AvgIpc) is 2.96. The number of thiophene rings is 1. The Hall–Kier alpha value is -0.530. The summed E-state index contributed by atoms with van der Waals surface area (Å²) in [6.45, 7) is 4.34. The van der Waals surface area contributed by atoms with Gasteiger partial charge in [-0.05, 0) is 71.7 Å². The maximum absolute atomic E-state index is 4.25. The number of halogens is 1. The minimum Gasteiger partial charge on any atom is -0.317 e. The SMILES string of the molecule is Cl.c1cc(CN(Cc2csnn2)C2CC23CCNCC3)cs1. The van der Waals surface area contributed by atoms with E-state index in [0.717, 1.165) is 24.8 Å². The number of nitrogens with zero attached hydrogens (tertiary/aromatic N) is 3. The number of rotatable bonds is 5. The van der Waals surface area contributed by atoms with Gasteiger partial charge in [0.15, 0.2) is 0 Å². The van der Waals surface area contributed by atoms with Crippen LogP contribution in [0.4, 0.5) is 0 Å². The average molecular weight is 357 g/mol. The molecule has 3 heterocycles. The van der Waals surface area contributed by atoms with Gasteiger partial charge in [0.05, 0.1) is 5.69 Å². The summed E-state index contributed by atoms with van der Waals surface area (Å²) >= 11 is 3.24. The Morgan fingerprint density at radius 1 is 1.27 bits per heavy atom. The molecule has 2 aliphatic rings. The van der Waals surface area contributed by atoms with Crippen molar-refractivity contribution in [2.45, 2.75) is 38.4 Å². The number of hydrogen-bond acceptors (Lipinski definition) is 6. The lowest BCUT2D eigenvalue weighted by Crippen LogP contribution is -2.35. The fourth-order valence-corrected chi connectivity index (χ4v) is 4.76. The summed E-state index contributed by atoms with van der Waals surface area (Å²) in [4.78, 5) is 2.63. The highest BCUT2D eigenvalue weighted by atomic mass is 35.5. The van der Waals surface area contributed by atoms with Crippen molar-refractivity contribution in [2.24, 2.45) is 5.41 Å². The van der Waals surface area contributed by atoms with E-state index < -0.39 is 0 Å². The molecule has 4 rings (SSSR count). The molecule has 0 radical (unpaired) electrons. The molecular weight excluding hydrogens is 336 g/mol. The predicted molar refractivity (Wildman–Crippen MR) is 93.7 cm³/mol. The fraction of sp³-hybridized carbons (Fsp3) is 0.600. The van der Waals surface area contributed by atoms with Crippen molar-refractivity contribution >= 4 is 35.3 Å². The zero-order valence-corrected chi connectivity index (χ0v) is 14.9. The molecule has 1 unspecified atom stereocenters. The summed E-state index contributed by atoms with van der Waals surface area (Å²) in [5.41, 5.74) is 3.12. The quantitative estimate of drug-likeness (QED) is 0.893. The fourth-order valence-electron chi connectivity index (χ4n) is 3.66. The molecule has 120 valence electrons. The van der Waals surface area contributed by atoms with Crippen molar-refractivity contribution in [1.29, 1.82) is 0 Å². The molecule has 7 heteroatoms. The second-order valence-corrected chi connectivity index (χ2v) is 7.65. The van der Waals surface area contributed by atoms with Crippen LogP contribution in [0, 0.1) is 5.41 Å². The van der Waals surface area contributed by atoms with Gasteiger partial charge in [-0.15, -0.1) is 17.5 Å². The van der Waals surface area contributed by atoms with E-state index in [9.17, 15) is 0 Å². The third-order valence-corrected chi connectivity index (χ3v) is 6.21. The molecule has 0 amide bonds. The highest BCUT2D eigenvalue weighted by Crippen LogP contribution is 2.56. The second-order valence-electron chi connectivity index (χ2n) is 6.27. The van der Waals surface area contributed by atoms with Crippen molar-refractivity contribution < 1.29 is 0 Å². The molecular formula is C15H21ClN4S2. The topological polar surface area (TPSA) is 41.1 Å². The van der Waals surface area contributed by atoms with Crippen LogP contribution in [0.25, 0.3) is 0 Å². The van der Waals surface area contributed by atoms with Gasteiger partial charge in [0.1, 0.15) is 0 Å². The monoisotopic (exact) mass is 356 g/mol. The molecule has 1 atom stereocenters. The largest absolute Gasteiger partial charge is 0.317 e. The number of aromatic nitrogens is 2. The highest BCUT2D eigenvalue weighted by molar-refractivity contribution is 7.07. The summed E-state index contributed by atoms with van der Waals surface area (Å²) in [6, 6.07) is 2.97. The van der Waals surface area contributed by atoms with E-state index in [-0.39, 0.29) is 12.4 Å². The summed E-state index contributed by atoms with van der Waals surface area (Å²) in [6.07, 6.45) is 4.01. The summed E-state index contributed by atoms with van der Waals surface area (Å²) in [5, 5.41) is 14.3. The van der Waals surface area contributed by atoms with E-state index in [1.807, 2.05) is 0 Å². The Labute approximate surface area is 145 Å². The molecule has 2 aromatic heterocycles. The Morgan fingerprint density at radius 2 is 2.14 bits per heavy atom. The number of hydrogen-bond donors (Lipinski definition) is 1. The zero-order valence-electron chi connectivity index (χ0n) is 12.4. The van der Waals surface area contributed by atoms with Gasteiger partial charge in [-0.3, -0.25) is 4.90 Å². The van der Waals surface area contributed by atoms with Crippen molar-refractivity contribution in [3.05, 3.63) is 33.5 Å². The lowest BCUT2D eigenvalue weighted by atomic mass is 9.93. The van der Waals surface area contributed by atoms with E-state index in [2.05, 4.69) is 42.0 Å². The first-order valence-corrected chi connectivity index (χ1v) is 9.35. The first kappa shape index (κ1) is 16.3. The number of piperidine rings is 1. The molecule has 22 heavy (non-hydrogen) atoms. The third-order valence-electron chi connectivity index (χ3n) is 4.92. The van der Waals surface area contributed by atoms with Crippen LogP contribution in [-0.2, 0) is 13.1 Å². The van der Waals surface area contributed by atoms with Crippen LogP contribution in [0.2, 0.25) is 0 Å². The van der Waals surface area contributed by atoms with Crippen LogP contribution in [0.3, 0.4) is 0 Å². The van der Waals surface area contributed by atoms with Crippen LogP contribution >= 0.6 is 35.3 Å². The summed E-state index contributed by atoms with van der Waals surface area (Å²) in [7, 11) is 0. The maximum atomic E-state index is 4.25. The minimum atomic E-state index is 0. The van der Waals surface area contributed by atoms with Gasteiger partial charge in [-0.1, -0.05) is 4.49 Å². The van der Waals surface area contributed by atoms with Gasteiger partial charge in [-0.25, -0.2) is 0 Å². The van der Waals surface area contributed by atoms with E-state index in [1.54, 1.807) is 11.3 Å². The molecule has 2 fully saturated rings. The van der Waals surface area contributed by atoms with Crippen LogP contribution in [-0.4, -0.2) is 33.6 Å². The molecule has 1 aliphatic heterocycles. The number of nitrogens with one attached hydrogen (secondary N) is 1. The van der Waals surface area contributed by atoms with E-state index >= 15 is 0 Å². The summed E-state index contributed by atoms with van der Waals surface area (Å²) in [5.74, 6) is 0. The van der Waals surface area contributed by atoms with E-state index in [4.69, 9.17) is 0 Å². The predicted octanol–water partition coefficient (Wildman–Crippen LogP) is 3.17. The normalized spacial score (nSPS) is 22.7. The molecule has 1 aliphatic carbocycles. The smallest absolute Gasteiger partial charge is 0.0895 e. The lowest BCUT2D eigenvalue weighted by Gasteiger charge is -2.29. The van der Waals surface area contributed by atoms with E-state index in [1.165, 1.54) is 49.4 Å². The Kier molecular flexibility index (Phi) is 5.14. The third kappa shape index (κ3) is 3.36. The Balaban J connectivity index is 0.00000144. The van der Waals surface area contributed by atoms with Gasteiger partial charge in [-0.2, -0.15) is 11.3 Å². The van der Waals surface area contributed by atoms with Crippen LogP contribution in [0.5, 0.6) is 0 Å². The Bertz CT molecular complexity index is 530. The second kappa shape index (κ2) is 6.93. The van der Waals surface area contributed by atoms with Crippen molar-refractivity contribution in [3.63, 3.8) is 0 Å².